The van der Waals surface area contributed by atoms with Crippen molar-refractivity contribution in [2.75, 3.05) is 0 Å². The van der Waals surface area contributed by atoms with Crippen molar-refractivity contribution in [3.05, 3.63) is 0 Å². The Morgan fingerprint density at radius 2 is 2.23 bits per heavy atom. The van der Waals surface area contributed by atoms with Gasteiger partial charge in [-0.1, -0.05) is 12.8 Å². The Morgan fingerprint density at radius 1 is 1.69 bits per heavy atom. The number of ether oxygens (including phenoxy) is 1. The lowest BCUT2D eigenvalue weighted by molar-refractivity contribution is 0.0621. The molecule has 0 spiro atoms. The van der Waals surface area contributed by atoms with Crippen molar-refractivity contribution in [2.24, 2.45) is 0 Å². The quantitative estimate of drug-likeness (QED) is 0.679. The Morgan fingerprint density at radius 3 is 2.54 bits per heavy atom. The van der Waals surface area contributed by atoms with Gasteiger partial charge in [0.15, 0.2) is 5.60 Å². The Kier molecular flexibility index (Phi) is 4.33. The molecule has 13 heavy (non-hydrogen) atoms. The number of hydrogen-bond acceptors (Lipinski definition) is 2. The molecule has 0 rings (SSSR count). The predicted octanol–water partition coefficient (Wildman–Crippen LogP) is 1.92. The fourth-order valence-electron chi connectivity index (χ4n) is 0.673. The van der Waals surface area contributed by atoms with Crippen LogP contribution in [-0.2, 0) is 4.74 Å². The molecule has 74 valence electrons. The van der Waals surface area contributed by atoms with Gasteiger partial charge < -0.3 is 10.1 Å². The zero-order chi connectivity index (χ0) is 10.5. The topological polar surface area (TPSA) is 38.3 Å². The first-order valence-corrected chi connectivity index (χ1v) is 4.41. The van der Waals surface area contributed by atoms with Gasteiger partial charge in [-0.2, -0.15) is 0 Å². The summed E-state index contributed by atoms with van der Waals surface area (Å²) in [6.07, 6.45) is 5.39. The van der Waals surface area contributed by atoms with Gasteiger partial charge in [0.2, 0.25) is 0 Å². The molecule has 0 saturated carbocycles. The van der Waals surface area contributed by atoms with Crippen molar-refractivity contribution in [2.45, 2.75) is 45.8 Å². The molecule has 1 amide bonds. The number of hydrogen-bond donors (Lipinski definition) is 1. The number of carbonyl (C=O) groups excluding carboxylic acids is 1. The molecule has 3 heteroatoms. The van der Waals surface area contributed by atoms with E-state index >= 15 is 0 Å². The van der Waals surface area contributed by atoms with Gasteiger partial charge in [-0.15, -0.1) is 6.42 Å². The van der Waals surface area contributed by atoms with Gasteiger partial charge in [0.25, 0.3) is 0 Å². The molecular weight excluding hydrogens is 166 g/mol. The van der Waals surface area contributed by atoms with E-state index in [0.29, 0.717) is 6.42 Å². The van der Waals surface area contributed by atoms with E-state index < -0.39 is 11.7 Å². The zero-order valence-electron chi connectivity index (χ0n) is 8.68. The molecule has 0 aromatic heterocycles. The van der Waals surface area contributed by atoms with Crippen LogP contribution in [0.2, 0.25) is 0 Å². The minimum Gasteiger partial charge on any atom is -0.430 e. The van der Waals surface area contributed by atoms with Crippen molar-refractivity contribution in [3.63, 3.8) is 0 Å². The molecule has 1 atom stereocenters. The molecule has 3 nitrogen and oxygen atoms in total. The lowest BCUT2D eigenvalue weighted by atomic mass is 10.1. The number of carbonyl (C=O) groups is 1. The second-order valence-corrected chi connectivity index (χ2v) is 3.42. The number of amides is 1. The molecule has 0 saturated heterocycles. The van der Waals surface area contributed by atoms with Crippen LogP contribution < -0.4 is 5.32 Å². The predicted molar refractivity (Wildman–Crippen MR) is 52.3 cm³/mol. The van der Waals surface area contributed by atoms with Crippen LogP contribution in [0.3, 0.4) is 0 Å². The first-order valence-electron chi connectivity index (χ1n) is 4.41. The molecule has 0 aliphatic carbocycles. The lowest BCUT2D eigenvalue weighted by Crippen LogP contribution is -2.38. The van der Waals surface area contributed by atoms with Gasteiger partial charge in [0.05, 0.1) is 0 Å². The third-order valence-electron chi connectivity index (χ3n) is 1.70. The molecule has 0 radical (unpaired) electrons. The fourth-order valence-corrected chi connectivity index (χ4v) is 0.673. The van der Waals surface area contributed by atoms with Crippen molar-refractivity contribution >= 4 is 6.09 Å². The van der Waals surface area contributed by atoms with E-state index in [2.05, 4.69) is 11.2 Å². The Labute approximate surface area is 79.8 Å². The maximum atomic E-state index is 11.2. The van der Waals surface area contributed by atoms with Gasteiger partial charge in [-0.25, -0.2) is 4.79 Å². The van der Waals surface area contributed by atoms with Crippen LogP contribution in [0, 0.1) is 12.3 Å². The third-order valence-corrected chi connectivity index (χ3v) is 1.70. The van der Waals surface area contributed by atoms with Crippen LogP contribution in [0.4, 0.5) is 4.79 Å². The van der Waals surface area contributed by atoms with Crippen LogP contribution in [0.15, 0.2) is 0 Å². The highest BCUT2D eigenvalue weighted by molar-refractivity contribution is 5.68. The zero-order valence-corrected chi connectivity index (χ0v) is 8.68. The van der Waals surface area contributed by atoms with Gasteiger partial charge >= 0.3 is 6.09 Å². The van der Waals surface area contributed by atoms with E-state index in [4.69, 9.17) is 11.2 Å². The molecule has 0 aromatic carbocycles. The highest BCUT2D eigenvalue weighted by Crippen LogP contribution is 2.13. The van der Waals surface area contributed by atoms with E-state index in [1.54, 1.807) is 6.92 Å². The summed E-state index contributed by atoms with van der Waals surface area (Å²) in [5.41, 5.74) is -0.793. The largest absolute Gasteiger partial charge is 0.430 e. The van der Waals surface area contributed by atoms with E-state index in [-0.39, 0.29) is 6.04 Å². The van der Waals surface area contributed by atoms with Crippen LogP contribution >= 0.6 is 0 Å². The molecule has 0 aliphatic rings. The van der Waals surface area contributed by atoms with Crippen LogP contribution in [0.5, 0.6) is 0 Å². The number of alkyl carbamates (subject to hydrolysis) is 1. The van der Waals surface area contributed by atoms with E-state index in [9.17, 15) is 4.79 Å². The van der Waals surface area contributed by atoms with Crippen molar-refractivity contribution in [3.8, 4) is 12.3 Å². The molecule has 0 heterocycles. The lowest BCUT2D eigenvalue weighted by Gasteiger charge is -2.22. The van der Waals surface area contributed by atoms with Crippen LogP contribution in [0.25, 0.3) is 0 Å². The summed E-state index contributed by atoms with van der Waals surface area (Å²) in [7, 11) is 0. The van der Waals surface area contributed by atoms with Crippen molar-refractivity contribution in [1.82, 2.24) is 5.32 Å². The summed E-state index contributed by atoms with van der Waals surface area (Å²) in [6, 6.07) is 0.0615. The molecular formula is C10H17NO2. The van der Waals surface area contributed by atoms with E-state index in [0.717, 1.165) is 0 Å². The normalized spacial score (nSPS) is 14.5. The Bertz CT molecular complexity index is 217. The molecule has 0 aliphatic heterocycles. The molecule has 1 N–H and O–H groups in total. The third kappa shape index (κ3) is 4.41. The summed E-state index contributed by atoms with van der Waals surface area (Å²) in [6.45, 7) is 7.32. The van der Waals surface area contributed by atoms with Crippen LogP contribution in [-0.4, -0.2) is 17.7 Å². The first kappa shape index (κ1) is 11.8. The second kappa shape index (κ2) is 4.76. The Balaban J connectivity index is 4.12. The number of nitrogens with one attached hydrogen (secondary N) is 1. The number of rotatable bonds is 3. The smallest absolute Gasteiger partial charge is 0.408 e. The monoisotopic (exact) mass is 183 g/mol. The van der Waals surface area contributed by atoms with Crippen molar-refractivity contribution < 1.29 is 9.53 Å². The van der Waals surface area contributed by atoms with Gasteiger partial charge in [0, 0.05) is 6.04 Å². The van der Waals surface area contributed by atoms with E-state index in [1.807, 2.05) is 20.8 Å². The second-order valence-electron chi connectivity index (χ2n) is 3.42. The average Bonchev–Trinajstić information content (AvgIpc) is 2.02. The summed E-state index contributed by atoms with van der Waals surface area (Å²) in [4.78, 5) is 11.2. The van der Waals surface area contributed by atoms with Gasteiger partial charge in [-0.05, 0) is 27.2 Å². The van der Waals surface area contributed by atoms with Crippen molar-refractivity contribution in [1.29, 1.82) is 0 Å². The highest BCUT2D eigenvalue weighted by Gasteiger charge is 2.23. The standard InChI is InChI=1S/C10H17NO2/c1-6-10(5,7-2)13-9(12)11-8(3)4/h1,8H,7H2,2-5H3,(H,11,12). The SMILES string of the molecule is C#CC(C)(CC)OC(=O)NC(C)C. The minimum atomic E-state index is -0.793. The molecule has 0 fully saturated rings. The summed E-state index contributed by atoms with van der Waals surface area (Å²) < 4.78 is 5.06. The summed E-state index contributed by atoms with van der Waals surface area (Å²) >= 11 is 0. The number of terminal acetylenes is 1. The maximum absolute atomic E-state index is 11.2. The molecule has 0 aromatic rings. The summed E-state index contributed by atoms with van der Waals surface area (Å²) in [5, 5.41) is 2.61. The molecule has 1 unspecified atom stereocenters. The van der Waals surface area contributed by atoms with Crippen LogP contribution in [0.1, 0.15) is 34.1 Å². The highest BCUT2D eigenvalue weighted by atomic mass is 16.6. The minimum absolute atomic E-state index is 0.0615. The first-order chi connectivity index (χ1) is 5.93. The van der Waals surface area contributed by atoms with Gasteiger partial charge in [-0.3, -0.25) is 0 Å². The van der Waals surface area contributed by atoms with Gasteiger partial charge in [0.1, 0.15) is 0 Å². The summed E-state index contributed by atoms with van der Waals surface area (Å²) in [5.74, 6) is 2.45. The molecule has 0 bridgehead atoms. The Hall–Kier alpha value is -1.17. The fraction of sp³-hybridized carbons (Fsp3) is 0.700. The van der Waals surface area contributed by atoms with E-state index in [1.165, 1.54) is 0 Å². The maximum Gasteiger partial charge on any atom is 0.408 e. The average molecular weight is 183 g/mol.